The minimum Gasteiger partial charge on any atom is -0.396 e. The molecule has 3 aromatic carbocycles. The van der Waals surface area contributed by atoms with Crippen LogP contribution in [0.3, 0.4) is 0 Å². The van der Waals surface area contributed by atoms with Crippen molar-refractivity contribution in [2.45, 2.75) is 56.9 Å². The van der Waals surface area contributed by atoms with E-state index in [2.05, 4.69) is 67.2 Å². The quantitative estimate of drug-likeness (QED) is 0.0821. The molecule has 7 rings (SSSR count). The Balaban J connectivity index is 0.899. The van der Waals surface area contributed by atoms with Crippen LogP contribution in [0.2, 0.25) is 5.02 Å². The topological polar surface area (TPSA) is 138 Å². The van der Waals surface area contributed by atoms with Crippen molar-refractivity contribution in [2.24, 2.45) is 5.92 Å². The van der Waals surface area contributed by atoms with Gasteiger partial charge < -0.3 is 35.1 Å². The van der Waals surface area contributed by atoms with Crippen molar-refractivity contribution >= 4 is 63.3 Å². The van der Waals surface area contributed by atoms with Gasteiger partial charge in [0.25, 0.3) is 0 Å². The Morgan fingerprint density at radius 2 is 1.76 bits per heavy atom. The molecule has 4 N–H and O–H groups in total. The average molecular weight is 762 g/mol. The monoisotopic (exact) mass is 761 g/mol. The minimum absolute atomic E-state index is 0.207. The maximum atomic E-state index is 12.7. The number of likely N-dealkylation sites (tertiary alicyclic amines) is 1. The van der Waals surface area contributed by atoms with E-state index in [-0.39, 0.29) is 11.7 Å². The molecular formula is C43H52ClN9O2. The molecule has 3 fully saturated rings. The third-order valence-corrected chi connectivity index (χ3v) is 12.4. The van der Waals surface area contributed by atoms with E-state index in [9.17, 15) is 14.9 Å². The standard InChI is InChI=1S/C43H52ClN9O2/c1-48-43(55)53(20-4-26-54)39-7-2-6-38-35(39)18-25-52(38)34-16-21-49(22-17-34)28-30-14-23-50(24-15-30)33-10-8-31(9-11-33)32-5-3-19-51(29-32)40-13-12-36(44)41(42(40)47)37(46)27-45/h2,6-13,18,25-26,30,32,34,46H,3-5,14-17,19-24,28-29,47H2,1H3,(H,48,55). The maximum Gasteiger partial charge on any atom is 0.321 e. The molecule has 0 spiro atoms. The number of aldehydes is 1. The van der Waals surface area contributed by atoms with E-state index in [4.69, 9.17) is 22.7 Å². The molecule has 0 bridgehead atoms. The average Bonchev–Trinajstić information content (AvgIpc) is 3.66. The highest BCUT2D eigenvalue weighted by Gasteiger charge is 2.28. The number of nitrogens with two attached hydrogens (primary N) is 1. The fourth-order valence-electron chi connectivity index (χ4n) is 9.09. The molecule has 55 heavy (non-hydrogen) atoms. The molecule has 0 saturated carbocycles. The summed E-state index contributed by atoms with van der Waals surface area (Å²) in [7, 11) is 1.62. The molecule has 0 radical (unpaired) electrons. The third kappa shape index (κ3) is 8.17. The SMILES string of the molecule is CNC(=O)N(CCC=O)c1cccc2c1ccn2C1CCN(CC2CCN(c3ccc(C4CCCN(c5ccc(Cl)c(C(=N)C#N)c5N)C4)cc3)CC2)CC1. The number of piperidine rings is 3. The van der Waals surface area contributed by atoms with Crippen LogP contribution in [0.1, 0.15) is 68.0 Å². The van der Waals surface area contributed by atoms with Crippen LogP contribution >= 0.6 is 11.6 Å². The molecule has 4 aromatic rings. The second kappa shape index (κ2) is 17.2. The summed E-state index contributed by atoms with van der Waals surface area (Å²) in [5.41, 5.74) is 12.4. The first kappa shape index (κ1) is 38.2. The Kier molecular flexibility index (Phi) is 11.9. The van der Waals surface area contributed by atoms with Crippen molar-refractivity contribution in [3.05, 3.63) is 83.0 Å². The van der Waals surface area contributed by atoms with Crippen molar-refractivity contribution in [1.29, 1.82) is 10.7 Å². The number of carbonyl (C=O) groups is 2. The van der Waals surface area contributed by atoms with Gasteiger partial charge in [-0.2, -0.15) is 5.26 Å². The second-order valence-corrected chi connectivity index (χ2v) is 15.7. The predicted molar refractivity (Wildman–Crippen MR) is 223 cm³/mol. The van der Waals surface area contributed by atoms with Crippen LogP contribution in [0, 0.1) is 22.7 Å². The van der Waals surface area contributed by atoms with Crippen LogP contribution in [-0.2, 0) is 4.79 Å². The van der Waals surface area contributed by atoms with E-state index < -0.39 is 0 Å². The smallest absolute Gasteiger partial charge is 0.321 e. The fraction of sp³-hybridized carbons (Fsp3) is 0.442. The minimum atomic E-state index is -0.210. The van der Waals surface area contributed by atoms with Crippen LogP contribution < -0.4 is 25.8 Å². The summed E-state index contributed by atoms with van der Waals surface area (Å²) in [5, 5.41) is 21.4. The zero-order valence-electron chi connectivity index (χ0n) is 31.7. The summed E-state index contributed by atoms with van der Waals surface area (Å²) in [6, 6.07) is 23.1. The first-order chi connectivity index (χ1) is 26.8. The predicted octanol–water partition coefficient (Wildman–Crippen LogP) is 7.44. The molecule has 2 amide bonds. The lowest BCUT2D eigenvalue weighted by molar-refractivity contribution is -0.107. The molecule has 1 atom stereocenters. The van der Waals surface area contributed by atoms with Gasteiger partial charge in [-0.1, -0.05) is 29.8 Å². The number of nitrogens with one attached hydrogen (secondary N) is 2. The summed E-state index contributed by atoms with van der Waals surface area (Å²) >= 11 is 6.32. The number of nitriles is 1. The summed E-state index contributed by atoms with van der Waals surface area (Å²) in [6.45, 7) is 7.54. The number of aromatic nitrogens is 1. The number of amides is 2. The number of nitrogens with zero attached hydrogens (tertiary/aromatic N) is 6. The van der Waals surface area contributed by atoms with Crippen LogP contribution in [0.4, 0.5) is 27.5 Å². The number of carbonyl (C=O) groups excluding carboxylic acids is 2. The van der Waals surface area contributed by atoms with Gasteiger partial charge in [-0.05, 0) is 92.5 Å². The van der Waals surface area contributed by atoms with E-state index in [1.165, 1.54) is 24.1 Å². The molecule has 3 saturated heterocycles. The number of anilines is 4. The van der Waals surface area contributed by atoms with E-state index in [0.717, 1.165) is 100 Å². The molecule has 288 valence electrons. The largest absolute Gasteiger partial charge is 0.396 e. The van der Waals surface area contributed by atoms with Crippen molar-refractivity contribution in [3.8, 4) is 6.07 Å². The number of urea groups is 1. The van der Waals surface area contributed by atoms with Gasteiger partial charge in [0.2, 0.25) is 0 Å². The van der Waals surface area contributed by atoms with Gasteiger partial charge in [-0.3, -0.25) is 10.3 Å². The van der Waals surface area contributed by atoms with E-state index in [1.54, 1.807) is 18.0 Å². The normalized spacial score (nSPS) is 18.6. The van der Waals surface area contributed by atoms with Gasteiger partial charge in [0, 0.05) is 95.1 Å². The van der Waals surface area contributed by atoms with Gasteiger partial charge in [0.15, 0.2) is 0 Å². The second-order valence-electron chi connectivity index (χ2n) is 15.3. The molecule has 12 heteroatoms. The first-order valence-corrected chi connectivity index (χ1v) is 20.1. The van der Waals surface area contributed by atoms with Gasteiger partial charge >= 0.3 is 6.03 Å². The molecule has 4 heterocycles. The zero-order valence-corrected chi connectivity index (χ0v) is 32.5. The fourth-order valence-corrected chi connectivity index (χ4v) is 9.35. The molecule has 0 aliphatic carbocycles. The summed E-state index contributed by atoms with van der Waals surface area (Å²) in [4.78, 5) is 32.9. The Morgan fingerprint density at radius 3 is 2.47 bits per heavy atom. The molecule has 11 nitrogen and oxygen atoms in total. The van der Waals surface area contributed by atoms with Gasteiger partial charge in [0.05, 0.1) is 33.2 Å². The highest BCUT2D eigenvalue weighted by atomic mass is 35.5. The lowest BCUT2D eigenvalue weighted by atomic mass is 9.89. The number of hydrogen-bond donors (Lipinski definition) is 3. The van der Waals surface area contributed by atoms with Crippen LogP contribution in [0.25, 0.3) is 10.9 Å². The lowest BCUT2D eigenvalue weighted by Crippen LogP contribution is -2.41. The van der Waals surface area contributed by atoms with Crippen LogP contribution in [0.5, 0.6) is 0 Å². The highest BCUT2D eigenvalue weighted by molar-refractivity contribution is 6.36. The summed E-state index contributed by atoms with van der Waals surface area (Å²) in [6.07, 6.45) is 10.1. The molecule has 3 aliphatic rings. The molecule has 1 aromatic heterocycles. The van der Waals surface area contributed by atoms with E-state index >= 15 is 0 Å². The third-order valence-electron chi connectivity index (χ3n) is 12.1. The number of fused-ring (bicyclic) bond motifs is 1. The number of hydrogen-bond acceptors (Lipinski definition) is 8. The lowest BCUT2D eigenvalue weighted by Gasteiger charge is -2.39. The molecule has 1 unspecified atom stereocenters. The van der Waals surface area contributed by atoms with Crippen LogP contribution in [-0.4, -0.2) is 86.9 Å². The molecular weight excluding hydrogens is 710 g/mol. The summed E-state index contributed by atoms with van der Waals surface area (Å²) < 4.78 is 2.39. The van der Waals surface area contributed by atoms with Crippen molar-refractivity contribution in [3.63, 3.8) is 0 Å². The Bertz CT molecular complexity index is 2040. The number of benzene rings is 3. The Hall–Kier alpha value is -5.05. The van der Waals surface area contributed by atoms with Gasteiger partial charge in [-0.25, -0.2) is 4.79 Å². The van der Waals surface area contributed by atoms with Gasteiger partial charge in [-0.15, -0.1) is 0 Å². The van der Waals surface area contributed by atoms with E-state index in [1.807, 2.05) is 24.3 Å². The van der Waals surface area contributed by atoms with Crippen molar-refractivity contribution in [2.75, 3.05) is 79.8 Å². The van der Waals surface area contributed by atoms with Crippen molar-refractivity contribution in [1.82, 2.24) is 14.8 Å². The highest BCUT2D eigenvalue weighted by Crippen LogP contribution is 2.38. The van der Waals surface area contributed by atoms with Crippen LogP contribution in [0.15, 0.2) is 66.9 Å². The first-order valence-electron chi connectivity index (χ1n) is 19.7. The summed E-state index contributed by atoms with van der Waals surface area (Å²) in [5.74, 6) is 1.08. The molecule has 3 aliphatic heterocycles. The number of rotatable bonds is 11. The van der Waals surface area contributed by atoms with Crippen molar-refractivity contribution < 1.29 is 9.59 Å². The maximum absolute atomic E-state index is 12.7. The Morgan fingerprint density at radius 1 is 1.00 bits per heavy atom. The Labute approximate surface area is 329 Å². The number of nitrogen functional groups attached to an aromatic ring is 1. The van der Waals surface area contributed by atoms with E-state index in [0.29, 0.717) is 47.1 Å². The zero-order chi connectivity index (χ0) is 38.5. The number of halogens is 1. The van der Waals surface area contributed by atoms with Gasteiger partial charge in [0.1, 0.15) is 18.1 Å².